The zero-order valence-electron chi connectivity index (χ0n) is 15.4. The summed E-state index contributed by atoms with van der Waals surface area (Å²) in [6, 6.07) is 8.41. The van der Waals surface area contributed by atoms with E-state index in [1.54, 1.807) is 19.1 Å². The number of hydrogen-bond donors (Lipinski definition) is 1. The first-order chi connectivity index (χ1) is 11.8. The lowest BCUT2D eigenvalue weighted by molar-refractivity contribution is -0.127. The third-order valence-corrected chi connectivity index (χ3v) is 5.20. The number of carbonyl (C=O) groups excluding carboxylic acids is 1. The lowest BCUT2D eigenvalue weighted by Crippen LogP contribution is -2.58. The predicted molar refractivity (Wildman–Crippen MR) is 96.6 cm³/mol. The van der Waals surface area contributed by atoms with Gasteiger partial charge in [-0.05, 0) is 44.0 Å². The molecule has 136 valence electrons. The Morgan fingerprint density at radius 3 is 2.24 bits per heavy atom. The second-order valence-corrected chi connectivity index (χ2v) is 7.13. The molecule has 6 heteroatoms. The molecule has 0 radical (unpaired) electrons. The standard InChI is InChI=1S/C19H27FN4O/c1-14(2)19(4,13-21)22-18(25)15(3)23-9-11-24(12-10-23)17-7-5-16(20)6-8-17/h5-8,14-15H,9-12H2,1-4H3,(H,22,25)/t15-,19+/m1/s1. The number of amides is 1. The van der Waals surface area contributed by atoms with Gasteiger partial charge in [0, 0.05) is 31.9 Å². The van der Waals surface area contributed by atoms with Crippen molar-refractivity contribution in [3.63, 3.8) is 0 Å². The van der Waals surface area contributed by atoms with Crippen LogP contribution in [0.1, 0.15) is 27.7 Å². The van der Waals surface area contributed by atoms with Crippen molar-refractivity contribution in [3.05, 3.63) is 30.1 Å². The van der Waals surface area contributed by atoms with Crippen LogP contribution < -0.4 is 10.2 Å². The summed E-state index contributed by atoms with van der Waals surface area (Å²) in [5.74, 6) is -0.324. The van der Waals surface area contributed by atoms with Crippen LogP contribution >= 0.6 is 0 Å². The highest BCUT2D eigenvalue weighted by molar-refractivity contribution is 5.82. The maximum absolute atomic E-state index is 13.0. The predicted octanol–water partition coefficient (Wildman–Crippen LogP) is 2.39. The van der Waals surface area contributed by atoms with Gasteiger partial charge in [0.2, 0.25) is 5.91 Å². The van der Waals surface area contributed by atoms with Crippen LogP contribution in [0.2, 0.25) is 0 Å². The molecule has 0 aliphatic carbocycles. The number of halogens is 1. The van der Waals surface area contributed by atoms with E-state index in [2.05, 4.69) is 21.2 Å². The molecule has 1 heterocycles. The van der Waals surface area contributed by atoms with Crippen LogP contribution in [-0.4, -0.2) is 48.6 Å². The molecule has 2 atom stereocenters. The van der Waals surface area contributed by atoms with Crippen LogP contribution in [0.15, 0.2) is 24.3 Å². The van der Waals surface area contributed by atoms with E-state index in [1.807, 2.05) is 20.8 Å². The molecule has 1 amide bonds. The quantitative estimate of drug-likeness (QED) is 0.889. The summed E-state index contributed by atoms with van der Waals surface area (Å²) in [5, 5.41) is 12.3. The van der Waals surface area contributed by atoms with Gasteiger partial charge in [-0.2, -0.15) is 5.26 Å². The fourth-order valence-corrected chi connectivity index (χ4v) is 2.85. The number of hydrogen-bond acceptors (Lipinski definition) is 4. The largest absolute Gasteiger partial charge is 0.369 e. The maximum Gasteiger partial charge on any atom is 0.238 e. The van der Waals surface area contributed by atoms with Crippen molar-refractivity contribution in [1.29, 1.82) is 5.26 Å². The van der Waals surface area contributed by atoms with E-state index in [9.17, 15) is 14.4 Å². The molecule has 25 heavy (non-hydrogen) atoms. The molecule has 5 nitrogen and oxygen atoms in total. The minimum Gasteiger partial charge on any atom is -0.369 e. The minimum absolute atomic E-state index is 0.0315. The fraction of sp³-hybridized carbons (Fsp3) is 0.579. The average molecular weight is 346 g/mol. The van der Waals surface area contributed by atoms with Gasteiger partial charge in [0.25, 0.3) is 0 Å². The monoisotopic (exact) mass is 346 g/mol. The van der Waals surface area contributed by atoms with Gasteiger partial charge in [0.05, 0.1) is 12.1 Å². The minimum atomic E-state index is -0.860. The molecular weight excluding hydrogens is 319 g/mol. The Kier molecular flexibility index (Phi) is 6.02. The molecule has 1 aliphatic heterocycles. The Morgan fingerprint density at radius 1 is 1.20 bits per heavy atom. The SMILES string of the molecule is CC(C)[C@](C)(C#N)NC(=O)[C@@H](C)N1CCN(c2ccc(F)cc2)CC1. The second kappa shape index (κ2) is 7.83. The highest BCUT2D eigenvalue weighted by Gasteiger charge is 2.33. The van der Waals surface area contributed by atoms with Gasteiger partial charge >= 0.3 is 0 Å². The van der Waals surface area contributed by atoms with Crippen molar-refractivity contribution < 1.29 is 9.18 Å². The van der Waals surface area contributed by atoms with Crippen molar-refractivity contribution in [3.8, 4) is 6.07 Å². The van der Waals surface area contributed by atoms with Gasteiger partial charge in [-0.3, -0.25) is 9.69 Å². The van der Waals surface area contributed by atoms with Crippen molar-refractivity contribution in [2.75, 3.05) is 31.1 Å². The zero-order valence-corrected chi connectivity index (χ0v) is 15.4. The van der Waals surface area contributed by atoms with Gasteiger partial charge in [-0.25, -0.2) is 4.39 Å². The fourth-order valence-electron chi connectivity index (χ4n) is 2.85. The molecule has 0 saturated carbocycles. The summed E-state index contributed by atoms with van der Waals surface area (Å²) in [4.78, 5) is 16.9. The second-order valence-electron chi connectivity index (χ2n) is 7.13. The highest BCUT2D eigenvalue weighted by Crippen LogP contribution is 2.19. The zero-order chi connectivity index (χ0) is 18.6. The van der Waals surface area contributed by atoms with Crippen LogP contribution in [0.3, 0.4) is 0 Å². The van der Waals surface area contributed by atoms with Gasteiger partial charge in [0.15, 0.2) is 0 Å². The first-order valence-corrected chi connectivity index (χ1v) is 8.74. The third-order valence-electron chi connectivity index (χ3n) is 5.20. The van der Waals surface area contributed by atoms with Crippen molar-refractivity contribution >= 4 is 11.6 Å². The summed E-state index contributed by atoms with van der Waals surface area (Å²) in [5.41, 5.74) is 0.136. The molecule has 0 bridgehead atoms. The van der Waals surface area contributed by atoms with E-state index in [-0.39, 0.29) is 23.7 Å². The maximum atomic E-state index is 13.0. The molecule has 2 rings (SSSR count). The van der Waals surface area contributed by atoms with Crippen LogP contribution in [0.25, 0.3) is 0 Å². The Bertz CT molecular complexity index is 632. The Morgan fingerprint density at radius 2 is 1.76 bits per heavy atom. The summed E-state index contributed by atoms with van der Waals surface area (Å²) >= 11 is 0. The van der Waals surface area contributed by atoms with Gasteiger partial charge in [-0.1, -0.05) is 13.8 Å². The average Bonchev–Trinajstić information content (AvgIpc) is 2.61. The summed E-state index contributed by atoms with van der Waals surface area (Å²) in [6.07, 6.45) is 0. The number of nitrogens with zero attached hydrogens (tertiary/aromatic N) is 3. The lowest BCUT2D eigenvalue weighted by atomic mass is 9.89. The number of nitrogens with one attached hydrogen (secondary N) is 1. The van der Waals surface area contributed by atoms with Gasteiger partial charge in [0.1, 0.15) is 11.4 Å². The molecule has 0 spiro atoms. The van der Waals surface area contributed by atoms with Crippen LogP contribution in [0.5, 0.6) is 0 Å². The molecule has 0 aromatic heterocycles. The number of piperazine rings is 1. The molecule has 1 aliphatic rings. The number of rotatable bonds is 5. The lowest BCUT2D eigenvalue weighted by Gasteiger charge is -2.39. The number of benzene rings is 1. The topological polar surface area (TPSA) is 59.4 Å². The number of nitriles is 1. The summed E-state index contributed by atoms with van der Waals surface area (Å²) in [6.45, 7) is 10.5. The summed E-state index contributed by atoms with van der Waals surface area (Å²) < 4.78 is 13.0. The van der Waals surface area contributed by atoms with Crippen molar-refractivity contribution in [2.45, 2.75) is 39.3 Å². The van der Waals surface area contributed by atoms with E-state index in [0.717, 1.165) is 31.9 Å². The van der Waals surface area contributed by atoms with E-state index in [4.69, 9.17) is 0 Å². The highest BCUT2D eigenvalue weighted by atomic mass is 19.1. The molecule has 1 aromatic carbocycles. The Hall–Kier alpha value is -2.13. The van der Waals surface area contributed by atoms with E-state index in [0.29, 0.717) is 0 Å². The summed E-state index contributed by atoms with van der Waals surface area (Å²) in [7, 11) is 0. The normalized spacial score (nSPS) is 19.2. The third kappa shape index (κ3) is 4.49. The van der Waals surface area contributed by atoms with E-state index in [1.165, 1.54) is 12.1 Å². The first-order valence-electron chi connectivity index (χ1n) is 8.74. The number of carbonyl (C=O) groups is 1. The molecule has 1 N–H and O–H groups in total. The molecular formula is C19H27FN4O. The number of anilines is 1. The van der Waals surface area contributed by atoms with E-state index >= 15 is 0 Å². The van der Waals surface area contributed by atoms with E-state index < -0.39 is 5.54 Å². The van der Waals surface area contributed by atoms with Crippen molar-refractivity contribution in [2.24, 2.45) is 5.92 Å². The molecule has 0 unspecified atom stereocenters. The molecule has 1 aromatic rings. The Labute approximate surface area is 149 Å². The van der Waals surface area contributed by atoms with Gasteiger partial charge < -0.3 is 10.2 Å². The van der Waals surface area contributed by atoms with Gasteiger partial charge in [-0.15, -0.1) is 0 Å². The molecule has 1 fully saturated rings. The van der Waals surface area contributed by atoms with Crippen LogP contribution in [0.4, 0.5) is 10.1 Å². The van der Waals surface area contributed by atoms with Crippen molar-refractivity contribution in [1.82, 2.24) is 10.2 Å². The first kappa shape index (κ1) is 19.2. The Balaban J connectivity index is 1.92. The molecule has 1 saturated heterocycles. The smallest absolute Gasteiger partial charge is 0.238 e. The van der Waals surface area contributed by atoms with Crippen LogP contribution in [-0.2, 0) is 4.79 Å². The van der Waals surface area contributed by atoms with Crippen LogP contribution in [0, 0.1) is 23.1 Å².